The summed E-state index contributed by atoms with van der Waals surface area (Å²) in [7, 11) is -4.22. The summed E-state index contributed by atoms with van der Waals surface area (Å²) in [6.45, 7) is 1.90. The molecular formula is C17H19FN2O4S. The number of carbonyl (C=O) groups excluding carboxylic acids is 1. The second-order valence-corrected chi connectivity index (χ2v) is 6.88. The van der Waals surface area contributed by atoms with Gasteiger partial charge in [-0.1, -0.05) is 42.5 Å². The maximum Gasteiger partial charge on any atom is 0.262 e. The van der Waals surface area contributed by atoms with Crippen molar-refractivity contribution < 1.29 is 22.4 Å². The highest BCUT2D eigenvalue weighted by Gasteiger charge is 2.28. The van der Waals surface area contributed by atoms with Gasteiger partial charge in [0.15, 0.2) is 0 Å². The minimum Gasteiger partial charge on any atom is -0.274 e. The highest BCUT2D eigenvalue weighted by atomic mass is 32.2. The highest BCUT2D eigenvalue weighted by Crippen LogP contribution is 2.15. The molecule has 0 aliphatic rings. The zero-order chi connectivity index (χ0) is 18.3. The fourth-order valence-corrected chi connectivity index (χ4v) is 3.44. The van der Waals surface area contributed by atoms with Gasteiger partial charge in [0.25, 0.3) is 5.91 Å². The summed E-state index contributed by atoms with van der Waals surface area (Å²) in [5.74, 6) is -1.55. The number of sulfonamides is 1. The molecule has 2 N–H and O–H groups in total. The Hall–Kier alpha value is -2.29. The monoisotopic (exact) mass is 366 g/mol. The highest BCUT2D eigenvalue weighted by molar-refractivity contribution is 7.89. The third-order valence-electron chi connectivity index (χ3n) is 3.34. The van der Waals surface area contributed by atoms with Crippen molar-refractivity contribution in [1.29, 1.82) is 0 Å². The lowest BCUT2D eigenvalue weighted by Gasteiger charge is -2.18. The molecule has 2 aromatic rings. The van der Waals surface area contributed by atoms with E-state index in [1.807, 2.05) is 6.07 Å². The van der Waals surface area contributed by atoms with Crippen LogP contribution in [0.1, 0.15) is 12.5 Å². The number of benzene rings is 2. The van der Waals surface area contributed by atoms with Crippen molar-refractivity contribution in [2.24, 2.45) is 0 Å². The molecule has 0 saturated heterocycles. The van der Waals surface area contributed by atoms with Crippen molar-refractivity contribution in [2.75, 3.05) is 6.61 Å². The van der Waals surface area contributed by atoms with Gasteiger partial charge in [-0.25, -0.2) is 18.3 Å². The number of nitrogens with one attached hydrogen (secondary N) is 2. The van der Waals surface area contributed by atoms with Crippen LogP contribution in [0.4, 0.5) is 4.39 Å². The predicted octanol–water partition coefficient (Wildman–Crippen LogP) is 1.78. The van der Waals surface area contributed by atoms with E-state index < -0.39 is 32.7 Å². The lowest BCUT2D eigenvalue weighted by Crippen LogP contribution is -2.48. The van der Waals surface area contributed by atoms with E-state index in [9.17, 15) is 17.6 Å². The number of halogens is 1. The fourth-order valence-electron chi connectivity index (χ4n) is 2.17. The summed E-state index contributed by atoms with van der Waals surface area (Å²) in [5, 5.41) is 0. The van der Waals surface area contributed by atoms with Gasteiger partial charge in [0.1, 0.15) is 16.8 Å². The first kappa shape index (κ1) is 19.0. The molecule has 134 valence electrons. The molecule has 2 rings (SSSR count). The van der Waals surface area contributed by atoms with Crippen LogP contribution in [0, 0.1) is 5.82 Å². The number of amides is 1. The number of rotatable bonds is 8. The largest absolute Gasteiger partial charge is 0.274 e. The second kappa shape index (κ2) is 8.70. The standard InChI is InChI=1S/C17H19FN2O4S/c1-2-24-19-17(21)15(12-13-8-4-3-5-9-13)20-25(22,23)16-11-7-6-10-14(16)18/h3-11,15,20H,2,12H2,1H3,(H,19,21). The summed E-state index contributed by atoms with van der Waals surface area (Å²) in [6.07, 6.45) is 0.0907. The fraction of sp³-hybridized carbons (Fsp3) is 0.235. The van der Waals surface area contributed by atoms with Crippen LogP contribution in [0.25, 0.3) is 0 Å². The topological polar surface area (TPSA) is 84.5 Å². The Kier molecular flexibility index (Phi) is 6.63. The third-order valence-corrected chi connectivity index (χ3v) is 4.84. The van der Waals surface area contributed by atoms with Crippen LogP contribution in [0.3, 0.4) is 0 Å². The van der Waals surface area contributed by atoms with Crippen LogP contribution in [0.5, 0.6) is 0 Å². The molecule has 0 fully saturated rings. The summed E-state index contributed by atoms with van der Waals surface area (Å²) >= 11 is 0. The van der Waals surface area contributed by atoms with E-state index in [-0.39, 0.29) is 13.0 Å². The van der Waals surface area contributed by atoms with Gasteiger partial charge in [0.05, 0.1) is 6.61 Å². The van der Waals surface area contributed by atoms with Crippen LogP contribution in [0.2, 0.25) is 0 Å². The predicted molar refractivity (Wildman–Crippen MR) is 90.4 cm³/mol. The van der Waals surface area contributed by atoms with Crippen LogP contribution in [-0.4, -0.2) is 27.0 Å². The SMILES string of the molecule is CCONC(=O)C(Cc1ccccc1)NS(=O)(=O)c1ccccc1F. The molecule has 0 radical (unpaired) electrons. The van der Waals surface area contributed by atoms with E-state index in [2.05, 4.69) is 10.2 Å². The Bertz CT molecular complexity index is 812. The van der Waals surface area contributed by atoms with Gasteiger partial charge in [-0.2, -0.15) is 4.72 Å². The first-order valence-corrected chi connectivity index (χ1v) is 9.14. The minimum atomic E-state index is -4.22. The Labute approximate surface area is 146 Å². The maximum absolute atomic E-state index is 13.8. The van der Waals surface area contributed by atoms with E-state index in [0.29, 0.717) is 0 Å². The summed E-state index contributed by atoms with van der Waals surface area (Å²) in [5.41, 5.74) is 2.93. The number of hydrogen-bond donors (Lipinski definition) is 2. The van der Waals surface area contributed by atoms with Crippen molar-refractivity contribution in [3.05, 3.63) is 66.0 Å². The molecule has 2 aromatic carbocycles. The van der Waals surface area contributed by atoms with E-state index in [0.717, 1.165) is 17.7 Å². The minimum absolute atomic E-state index is 0.0907. The van der Waals surface area contributed by atoms with Gasteiger partial charge in [0, 0.05) is 0 Å². The van der Waals surface area contributed by atoms with Crippen molar-refractivity contribution in [3.63, 3.8) is 0 Å². The Balaban J connectivity index is 2.25. The third kappa shape index (κ3) is 5.35. The normalized spacial score (nSPS) is 12.6. The molecule has 0 saturated carbocycles. The molecule has 0 aromatic heterocycles. The Morgan fingerprint density at radius 3 is 2.40 bits per heavy atom. The molecular weight excluding hydrogens is 347 g/mol. The second-order valence-electron chi connectivity index (χ2n) is 5.19. The first-order chi connectivity index (χ1) is 11.9. The van der Waals surface area contributed by atoms with Crippen molar-refractivity contribution in [2.45, 2.75) is 24.3 Å². The van der Waals surface area contributed by atoms with Gasteiger partial charge in [-0.05, 0) is 31.0 Å². The Morgan fingerprint density at radius 1 is 1.12 bits per heavy atom. The van der Waals surface area contributed by atoms with E-state index in [1.54, 1.807) is 31.2 Å². The molecule has 0 heterocycles. The molecule has 8 heteroatoms. The molecule has 0 bridgehead atoms. The lowest BCUT2D eigenvalue weighted by atomic mass is 10.1. The number of hydrogen-bond acceptors (Lipinski definition) is 4. The Morgan fingerprint density at radius 2 is 1.76 bits per heavy atom. The average molecular weight is 366 g/mol. The van der Waals surface area contributed by atoms with Gasteiger partial charge in [-0.15, -0.1) is 0 Å². The molecule has 0 aliphatic heterocycles. The van der Waals surface area contributed by atoms with Gasteiger partial charge < -0.3 is 0 Å². The molecule has 1 atom stereocenters. The van der Waals surface area contributed by atoms with Crippen LogP contribution in [-0.2, 0) is 26.1 Å². The lowest BCUT2D eigenvalue weighted by molar-refractivity contribution is -0.134. The number of carbonyl (C=O) groups is 1. The van der Waals surface area contributed by atoms with Crippen molar-refractivity contribution in [3.8, 4) is 0 Å². The van der Waals surface area contributed by atoms with Crippen LogP contribution >= 0.6 is 0 Å². The maximum atomic E-state index is 13.8. The first-order valence-electron chi connectivity index (χ1n) is 7.66. The quantitative estimate of drug-likeness (QED) is 0.698. The number of hydroxylamine groups is 1. The van der Waals surface area contributed by atoms with Gasteiger partial charge in [-0.3, -0.25) is 9.63 Å². The van der Waals surface area contributed by atoms with Crippen LogP contribution < -0.4 is 10.2 Å². The molecule has 6 nitrogen and oxygen atoms in total. The summed E-state index contributed by atoms with van der Waals surface area (Å²) in [6, 6.07) is 12.7. The zero-order valence-corrected chi connectivity index (χ0v) is 14.4. The molecule has 0 aliphatic carbocycles. The van der Waals surface area contributed by atoms with Gasteiger partial charge >= 0.3 is 0 Å². The smallest absolute Gasteiger partial charge is 0.262 e. The summed E-state index contributed by atoms with van der Waals surface area (Å²) in [4.78, 5) is 16.6. The van der Waals surface area contributed by atoms with E-state index >= 15 is 0 Å². The molecule has 1 unspecified atom stereocenters. The molecule has 25 heavy (non-hydrogen) atoms. The van der Waals surface area contributed by atoms with E-state index in [4.69, 9.17) is 4.84 Å². The van der Waals surface area contributed by atoms with E-state index in [1.165, 1.54) is 12.1 Å². The van der Waals surface area contributed by atoms with Crippen molar-refractivity contribution in [1.82, 2.24) is 10.2 Å². The zero-order valence-electron chi connectivity index (χ0n) is 13.6. The van der Waals surface area contributed by atoms with Crippen LogP contribution in [0.15, 0.2) is 59.5 Å². The average Bonchev–Trinajstić information content (AvgIpc) is 2.60. The molecule has 1 amide bonds. The van der Waals surface area contributed by atoms with Gasteiger partial charge in [0.2, 0.25) is 10.0 Å². The molecule has 0 spiro atoms. The summed E-state index contributed by atoms with van der Waals surface area (Å²) < 4.78 is 41.0. The van der Waals surface area contributed by atoms with Crippen molar-refractivity contribution >= 4 is 15.9 Å².